The van der Waals surface area contributed by atoms with Gasteiger partial charge in [-0.25, -0.2) is 4.52 Å². The third-order valence-corrected chi connectivity index (χ3v) is 1.58. The average molecular weight is 142 g/mol. The van der Waals surface area contributed by atoms with Crippen LogP contribution in [0.1, 0.15) is 5.56 Å². The highest BCUT2D eigenvalue weighted by Gasteiger charge is 1.97. The summed E-state index contributed by atoms with van der Waals surface area (Å²) in [6.07, 6.45) is 8.82. The van der Waals surface area contributed by atoms with E-state index in [0.29, 0.717) is 0 Å². The van der Waals surface area contributed by atoms with Crippen molar-refractivity contribution in [3.05, 3.63) is 36.2 Å². The number of pyridine rings is 1. The van der Waals surface area contributed by atoms with Gasteiger partial charge in [-0.2, -0.15) is 5.10 Å². The number of fused-ring (bicyclic) bond motifs is 1. The van der Waals surface area contributed by atoms with Crippen LogP contribution in [0.5, 0.6) is 0 Å². The molecule has 52 valence electrons. The van der Waals surface area contributed by atoms with Gasteiger partial charge in [-0.3, -0.25) is 0 Å². The smallest absolute Gasteiger partial charge is 0.0818 e. The molecule has 0 amide bonds. The molecule has 0 spiro atoms. The van der Waals surface area contributed by atoms with Gasteiger partial charge in [0.25, 0.3) is 0 Å². The van der Waals surface area contributed by atoms with Crippen molar-refractivity contribution in [3.63, 3.8) is 0 Å². The molecule has 2 heterocycles. The Morgan fingerprint density at radius 3 is 3.18 bits per heavy atom. The van der Waals surface area contributed by atoms with Crippen molar-refractivity contribution < 1.29 is 0 Å². The molecule has 0 aliphatic rings. The van der Waals surface area contributed by atoms with Crippen LogP contribution in [0.25, 0.3) is 5.52 Å². The summed E-state index contributed by atoms with van der Waals surface area (Å²) >= 11 is 0. The van der Waals surface area contributed by atoms with Gasteiger partial charge in [0.1, 0.15) is 0 Å². The number of aromatic nitrogens is 2. The van der Waals surface area contributed by atoms with E-state index in [9.17, 15) is 0 Å². The molecule has 0 aromatic carbocycles. The minimum absolute atomic E-state index is 0.839. The molecule has 0 bridgehead atoms. The van der Waals surface area contributed by atoms with Crippen molar-refractivity contribution in [3.8, 4) is 12.3 Å². The number of hydrogen-bond donors (Lipinski definition) is 0. The molecule has 11 heavy (non-hydrogen) atoms. The van der Waals surface area contributed by atoms with Crippen molar-refractivity contribution in [2.45, 2.75) is 0 Å². The number of terminal acetylenes is 1. The van der Waals surface area contributed by atoms with Crippen molar-refractivity contribution in [1.29, 1.82) is 0 Å². The minimum atomic E-state index is 0.839. The summed E-state index contributed by atoms with van der Waals surface area (Å²) in [4.78, 5) is 0. The van der Waals surface area contributed by atoms with Crippen molar-refractivity contribution in [1.82, 2.24) is 9.61 Å². The van der Waals surface area contributed by atoms with E-state index in [1.54, 1.807) is 10.7 Å². The van der Waals surface area contributed by atoms with E-state index in [4.69, 9.17) is 6.42 Å². The molecular formula is C9H6N2. The van der Waals surface area contributed by atoms with Gasteiger partial charge < -0.3 is 0 Å². The normalized spacial score (nSPS) is 9.73. The van der Waals surface area contributed by atoms with Gasteiger partial charge >= 0.3 is 0 Å². The lowest BCUT2D eigenvalue weighted by Gasteiger charge is -1.89. The van der Waals surface area contributed by atoms with Crippen LogP contribution in [0.4, 0.5) is 0 Å². The molecule has 2 aromatic rings. The lowest BCUT2D eigenvalue weighted by molar-refractivity contribution is 0.961. The van der Waals surface area contributed by atoms with Gasteiger partial charge in [-0.1, -0.05) is 12.0 Å². The van der Waals surface area contributed by atoms with Gasteiger partial charge in [0.15, 0.2) is 0 Å². The van der Waals surface area contributed by atoms with Crippen LogP contribution >= 0.6 is 0 Å². The molecule has 0 aliphatic heterocycles. The van der Waals surface area contributed by atoms with Crippen LogP contribution in [0.3, 0.4) is 0 Å². The molecule has 0 radical (unpaired) electrons. The SMILES string of the molecule is C#Cc1cnn2ccccc12. The Hall–Kier alpha value is -1.75. The molecule has 2 rings (SSSR count). The zero-order valence-electron chi connectivity index (χ0n) is 5.86. The summed E-state index contributed by atoms with van der Waals surface area (Å²) in [5.74, 6) is 2.57. The molecular weight excluding hydrogens is 136 g/mol. The zero-order valence-corrected chi connectivity index (χ0v) is 5.86. The fourth-order valence-corrected chi connectivity index (χ4v) is 1.05. The van der Waals surface area contributed by atoms with Crippen LogP contribution in [-0.2, 0) is 0 Å². The number of rotatable bonds is 0. The van der Waals surface area contributed by atoms with Crippen LogP contribution < -0.4 is 0 Å². The zero-order chi connectivity index (χ0) is 7.68. The van der Waals surface area contributed by atoms with Crippen molar-refractivity contribution >= 4 is 5.52 Å². The number of hydrogen-bond acceptors (Lipinski definition) is 1. The Bertz CT molecular complexity index is 420. The van der Waals surface area contributed by atoms with Gasteiger partial charge in [-0.05, 0) is 12.1 Å². The Kier molecular flexibility index (Phi) is 1.16. The molecule has 2 heteroatoms. The predicted molar refractivity (Wildman–Crippen MR) is 43.1 cm³/mol. The lowest BCUT2D eigenvalue weighted by Crippen LogP contribution is -1.82. The van der Waals surface area contributed by atoms with E-state index >= 15 is 0 Å². The largest absolute Gasteiger partial charge is 0.240 e. The molecule has 0 saturated carbocycles. The second-order valence-electron chi connectivity index (χ2n) is 2.23. The number of nitrogens with zero attached hydrogens (tertiary/aromatic N) is 2. The summed E-state index contributed by atoms with van der Waals surface area (Å²) in [7, 11) is 0. The molecule has 0 atom stereocenters. The molecule has 0 aliphatic carbocycles. The second kappa shape index (κ2) is 2.14. The maximum Gasteiger partial charge on any atom is 0.0818 e. The molecule has 0 fully saturated rings. The quantitative estimate of drug-likeness (QED) is 0.507. The highest BCUT2D eigenvalue weighted by atomic mass is 15.2. The first kappa shape index (κ1) is 5.99. The highest BCUT2D eigenvalue weighted by Crippen LogP contribution is 2.06. The summed E-state index contributed by atoms with van der Waals surface area (Å²) in [6, 6.07) is 5.81. The second-order valence-corrected chi connectivity index (χ2v) is 2.23. The Balaban J connectivity index is 2.89. The topological polar surface area (TPSA) is 17.3 Å². The van der Waals surface area contributed by atoms with Crippen molar-refractivity contribution in [2.75, 3.05) is 0 Å². The van der Waals surface area contributed by atoms with Gasteiger partial charge in [-0.15, -0.1) is 6.42 Å². The van der Waals surface area contributed by atoms with E-state index in [0.717, 1.165) is 11.1 Å². The van der Waals surface area contributed by atoms with E-state index in [1.807, 2.05) is 24.4 Å². The standard InChI is InChI=1S/C9H6N2/c1-2-8-7-10-11-6-4-3-5-9(8)11/h1,3-7H. The highest BCUT2D eigenvalue weighted by molar-refractivity contribution is 5.60. The van der Waals surface area contributed by atoms with Crippen LogP contribution in [0.15, 0.2) is 30.6 Å². The predicted octanol–water partition coefficient (Wildman–Crippen LogP) is 1.32. The van der Waals surface area contributed by atoms with Crippen LogP contribution in [0.2, 0.25) is 0 Å². The third kappa shape index (κ3) is 0.786. The monoisotopic (exact) mass is 142 g/mol. The van der Waals surface area contributed by atoms with E-state index < -0.39 is 0 Å². The van der Waals surface area contributed by atoms with Crippen molar-refractivity contribution in [2.24, 2.45) is 0 Å². The first-order valence-electron chi connectivity index (χ1n) is 3.31. The summed E-state index contributed by atoms with van der Waals surface area (Å²) in [6.45, 7) is 0. The van der Waals surface area contributed by atoms with E-state index in [-0.39, 0.29) is 0 Å². The van der Waals surface area contributed by atoms with Gasteiger partial charge in [0, 0.05) is 6.20 Å². The van der Waals surface area contributed by atoms with Gasteiger partial charge in [0.05, 0.1) is 17.3 Å². The first-order chi connectivity index (χ1) is 5.42. The lowest BCUT2D eigenvalue weighted by atomic mass is 10.3. The molecule has 0 N–H and O–H groups in total. The molecule has 2 aromatic heterocycles. The Labute approximate surface area is 64.5 Å². The first-order valence-corrected chi connectivity index (χ1v) is 3.31. The summed E-state index contributed by atoms with van der Waals surface area (Å²) < 4.78 is 1.76. The maximum absolute atomic E-state index is 5.26. The fourth-order valence-electron chi connectivity index (χ4n) is 1.05. The summed E-state index contributed by atoms with van der Waals surface area (Å²) in [5, 5.41) is 4.06. The molecule has 2 nitrogen and oxygen atoms in total. The minimum Gasteiger partial charge on any atom is -0.240 e. The van der Waals surface area contributed by atoms with Gasteiger partial charge in [0.2, 0.25) is 0 Å². The summed E-state index contributed by atoms with van der Waals surface area (Å²) in [5.41, 5.74) is 1.82. The van der Waals surface area contributed by atoms with Crippen LogP contribution in [-0.4, -0.2) is 9.61 Å². The fraction of sp³-hybridized carbons (Fsp3) is 0. The molecule has 0 saturated heterocycles. The van der Waals surface area contributed by atoms with Crippen LogP contribution in [0, 0.1) is 12.3 Å². The van der Waals surface area contributed by atoms with E-state index in [1.165, 1.54) is 0 Å². The third-order valence-electron chi connectivity index (χ3n) is 1.58. The van der Waals surface area contributed by atoms with E-state index in [2.05, 4.69) is 11.0 Å². The molecule has 0 unspecified atom stereocenters. The average Bonchev–Trinajstić information content (AvgIpc) is 2.47. The maximum atomic E-state index is 5.26. The Morgan fingerprint density at radius 2 is 2.36 bits per heavy atom. The Morgan fingerprint density at radius 1 is 1.45 bits per heavy atom.